The molecule has 28 heavy (non-hydrogen) atoms. The Kier molecular flexibility index (Phi) is 6.52. The van der Waals surface area contributed by atoms with Crippen LogP contribution in [-0.2, 0) is 4.79 Å². The lowest BCUT2D eigenvalue weighted by Gasteiger charge is -2.33. The quantitative estimate of drug-likeness (QED) is 0.834. The zero-order chi connectivity index (χ0) is 20.1. The molecule has 0 spiro atoms. The lowest BCUT2D eigenvalue weighted by molar-refractivity contribution is -0.139. The van der Waals surface area contributed by atoms with Crippen molar-refractivity contribution in [3.8, 4) is 5.75 Å². The molecule has 1 fully saturated rings. The van der Waals surface area contributed by atoms with Crippen molar-refractivity contribution in [3.63, 3.8) is 0 Å². The monoisotopic (exact) mass is 401 g/mol. The number of carbonyl (C=O) groups excluding carboxylic acids is 2. The van der Waals surface area contributed by atoms with Gasteiger partial charge in [0.2, 0.25) is 0 Å². The molecule has 0 saturated carbocycles. The molecule has 1 aliphatic rings. The van der Waals surface area contributed by atoms with Gasteiger partial charge in [0.25, 0.3) is 11.8 Å². The molecule has 1 atom stereocenters. The van der Waals surface area contributed by atoms with Gasteiger partial charge >= 0.3 is 0 Å². The van der Waals surface area contributed by atoms with Gasteiger partial charge in [0, 0.05) is 36.5 Å². The first-order valence-corrected chi connectivity index (χ1v) is 9.74. The van der Waals surface area contributed by atoms with Crippen LogP contribution < -0.4 is 10.1 Å². The molecule has 0 bridgehead atoms. The Bertz CT molecular complexity index is 836. The number of hydrogen-bond donors (Lipinski definition) is 1. The maximum Gasteiger partial charge on any atom is 0.263 e. The Hall–Kier alpha value is -2.60. The average molecular weight is 402 g/mol. The summed E-state index contributed by atoms with van der Waals surface area (Å²) in [6.45, 7) is 4.82. The molecule has 1 saturated heterocycles. The summed E-state index contributed by atoms with van der Waals surface area (Å²) < 4.78 is 5.79. The molecule has 1 aromatic carbocycles. The first-order valence-electron chi connectivity index (χ1n) is 9.36. The van der Waals surface area contributed by atoms with Gasteiger partial charge in [-0.3, -0.25) is 14.6 Å². The van der Waals surface area contributed by atoms with Gasteiger partial charge in [-0.2, -0.15) is 0 Å². The normalized spacial score (nSPS) is 15.8. The fraction of sp³-hybridized carbons (Fsp3) is 0.381. The number of benzene rings is 1. The van der Waals surface area contributed by atoms with E-state index in [-0.39, 0.29) is 17.9 Å². The lowest BCUT2D eigenvalue weighted by atomic mass is 10.0. The summed E-state index contributed by atoms with van der Waals surface area (Å²) >= 11 is 6.03. The van der Waals surface area contributed by atoms with Crippen LogP contribution in [0.1, 0.15) is 35.7 Å². The third-order valence-corrected chi connectivity index (χ3v) is 5.28. The van der Waals surface area contributed by atoms with Gasteiger partial charge in [-0.25, -0.2) is 0 Å². The Morgan fingerprint density at radius 3 is 2.68 bits per heavy atom. The van der Waals surface area contributed by atoms with E-state index >= 15 is 0 Å². The lowest BCUT2D eigenvalue weighted by Crippen LogP contribution is -2.49. The van der Waals surface area contributed by atoms with Crippen LogP contribution in [0.4, 0.5) is 0 Å². The molecule has 1 aromatic heterocycles. The number of nitrogens with zero attached hydrogens (tertiary/aromatic N) is 2. The minimum Gasteiger partial charge on any atom is -0.481 e. The number of amides is 2. The number of aromatic nitrogens is 1. The van der Waals surface area contributed by atoms with Crippen molar-refractivity contribution in [2.24, 2.45) is 0 Å². The van der Waals surface area contributed by atoms with Crippen molar-refractivity contribution in [2.75, 3.05) is 13.1 Å². The van der Waals surface area contributed by atoms with E-state index in [2.05, 4.69) is 10.3 Å². The molecule has 2 aromatic rings. The van der Waals surface area contributed by atoms with Gasteiger partial charge in [0.1, 0.15) is 5.75 Å². The van der Waals surface area contributed by atoms with Crippen LogP contribution in [0.15, 0.2) is 42.7 Å². The Balaban J connectivity index is 1.49. The molecular weight excluding hydrogens is 378 g/mol. The van der Waals surface area contributed by atoms with E-state index in [0.717, 1.165) is 5.56 Å². The van der Waals surface area contributed by atoms with E-state index in [9.17, 15) is 9.59 Å². The summed E-state index contributed by atoms with van der Waals surface area (Å²) in [5.74, 6) is 0.443. The van der Waals surface area contributed by atoms with Crippen molar-refractivity contribution in [3.05, 3.63) is 58.9 Å². The number of rotatable bonds is 5. The molecule has 2 amide bonds. The zero-order valence-corrected chi connectivity index (χ0v) is 16.8. The van der Waals surface area contributed by atoms with Crippen LogP contribution in [0.2, 0.25) is 5.02 Å². The summed E-state index contributed by atoms with van der Waals surface area (Å²) in [6, 6.07) is 8.87. The molecule has 0 aliphatic carbocycles. The van der Waals surface area contributed by atoms with Crippen molar-refractivity contribution >= 4 is 23.4 Å². The minimum absolute atomic E-state index is 0.0481. The highest BCUT2D eigenvalue weighted by Gasteiger charge is 2.28. The minimum atomic E-state index is -0.581. The number of pyridine rings is 1. The Labute approximate surface area is 169 Å². The largest absolute Gasteiger partial charge is 0.481 e. The van der Waals surface area contributed by atoms with E-state index in [1.54, 1.807) is 48.5 Å². The standard InChI is InChI=1S/C21H24ClN3O3/c1-14-12-18(5-6-19(14)22)28-15(2)21(27)25-10-7-17(8-11-25)24-20(26)16-4-3-9-23-13-16/h3-6,9,12-13,15,17H,7-8,10-11H2,1-2H3,(H,24,26). The highest BCUT2D eigenvalue weighted by Crippen LogP contribution is 2.22. The third kappa shape index (κ3) is 5.01. The molecule has 1 N–H and O–H groups in total. The number of halogens is 1. The average Bonchev–Trinajstić information content (AvgIpc) is 2.71. The fourth-order valence-corrected chi connectivity index (χ4v) is 3.33. The molecule has 7 heteroatoms. The highest BCUT2D eigenvalue weighted by molar-refractivity contribution is 6.31. The molecule has 2 heterocycles. The predicted octanol–water partition coefficient (Wildman–Crippen LogP) is 3.23. The summed E-state index contributed by atoms with van der Waals surface area (Å²) in [7, 11) is 0. The highest BCUT2D eigenvalue weighted by atomic mass is 35.5. The van der Waals surface area contributed by atoms with Crippen LogP contribution in [0.3, 0.4) is 0 Å². The SMILES string of the molecule is Cc1cc(OC(C)C(=O)N2CCC(NC(=O)c3cccnc3)CC2)ccc1Cl. The van der Waals surface area contributed by atoms with Gasteiger partial charge in [-0.1, -0.05) is 11.6 Å². The maximum absolute atomic E-state index is 12.7. The number of ether oxygens (including phenoxy) is 1. The Morgan fingerprint density at radius 2 is 2.04 bits per heavy atom. The van der Waals surface area contributed by atoms with Gasteiger partial charge in [0.15, 0.2) is 6.10 Å². The van der Waals surface area contributed by atoms with E-state index in [1.165, 1.54) is 0 Å². The number of likely N-dealkylation sites (tertiary alicyclic amines) is 1. The molecule has 6 nitrogen and oxygen atoms in total. The van der Waals surface area contributed by atoms with Gasteiger partial charge in [-0.05, 0) is 62.6 Å². The number of carbonyl (C=O) groups is 2. The van der Waals surface area contributed by atoms with Gasteiger partial charge in [-0.15, -0.1) is 0 Å². The summed E-state index contributed by atoms with van der Waals surface area (Å²) in [4.78, 5) is 30.7. The summed E-state index contributed by atoms with van der Waals surface area (Å²) in [5.41, 5.74) is 1.45. The van der Waals surface area contributed by atoms with Crippen LogP contribution in [0.25, 0.3) is 0 Å². The van der Waals surface area contributed by atoms with Crippen molar-refractivity contribution in [2.45, 2.75) is 38.8 Å². The van der Waals surface area contributed by atoms with Crippen molar-refractivity contribution < 1.29 is 14.3 Å². The van der Waals surface area contributed by atoms with Crippen LogP contribution in [0.5, 0.6) is 5.75 Å². The fourth-order valence-electron chi connectivity index (χ4n) is 3.21. The van der Waals surface area contributed by atoms with Crippen LogP contribution >= 0.6 is 11.6 Å². The second-order valence-electron chi connectivity index (χ2n) is 6.99. The Morgan fingerprint density at radius 1 is 1.29 bits per heavy atom. The number of hydrogen-bond acceptors (Lipinski definition) is 4. The van der Waals surface area contributed by atoms with Crippen LogP contribution in [-0.4, -0.2) is 46.9 Å². The number of aryl methyl sites for hydroxylation is 1. The predicted molar refractivity (Wildman–Crippen MR) is 108 cm³/mol. The number of piperidine rings is 1. The smallest absolute Gasteiger partial charge is 0.263 e. The second-order valence-corrected chi connectivity index (χ2v) is 7.39. The van der Waals surface area contributed by atoms with Crippen molar-refractivity contribution in [1.29, 1.82) is 0 Å². The molecular formula is C21H24ClN3O3. The second kappa shape index (κ2) is 9.06. The van der Waals surface area contributed by atoms with E-state index in [4.69, 9.17) is 16.3 Å². The van der Waals surface area contributed by atoms with E-state index in [1.807, 2.05) is 13.0 Å². The van der Waals surface area contributed by atoms with Gasteiger partial charge < -0.3 is 15.0 Å². The van der Waals surface area contributed by atoms with E-state index in [0.29, 0.717) is 42.3 Å². The molecule has 1 aliphatic heterocycles. The van der Waals surface area contributed by atoms with Crippen molar-refractivity contribution in [1.82, 2.24) is 15.2 Å². The topological polar surface area (TPSA) is 71.5 Å². The molecule has 0 radical (unpaired) electrons. The van der Waals surface area contributed by atoms with E-state index < -0.39 is 6.10 Å². The zero-order valence-electron chi connectivity index (χ0n) is 16.0. The summed E-state index contributed by atoms with van der Waals surface area (Å²) in [6.07, 6.45) is 4.03. The van der Waals surface area contributed by atoms with Crippen LogP contribution in [0, 0.1) is 6.92 Å². The summed E-state index contributed by atoms with van der Waals surface area (Å²) in [5, 5.41) is 3.68. The molecule has 3 rings (SSSR count). The first kappa shape index (κ1) is 20.1. The molecule has 148 valence electrons. The molecule has 1 unspecified atom stereocenters. The number of nitrogens with one attached hydrogen (secondary N) is 1. The maximum atomic E-state index is 12.7. The van der Waals surface area contributed by atoms with Gasteiger partial charge in [0.05, 0.1) is 5.56 Å². The third-order valence-electron chi connectivity index (χ3n) is 4.86. The first-order chi connectivity index (χ1) is 13.4.